The Balaban J connectivity index is 0.000000257. The van der Waals surface area contributed by atoms with Gasteiger partial charge in [0.25, 0.3) is 0 Å². The number of allylic oxidation sites excluding steroid dienone is 12. The first-order valence-electron chi connectivity index (χ1n) is 48.3. The van der Waals surface area contributed by atoms with Crippen molar-refractivity contribution in [3.63, 3.8) is 0 Å². The van der Waals surface area contributed by atoms with Crippen LogP contribution in [0.25, 0.3) is 170 Å². The van der Waals surface area contributed by atoms with Crippen LogP contribution in [0.4, 0.5) is 0 Å². The summed E-state index contributed by atoms with van der Waals surface area (Å²) < 4.78 is 65.3. The predicted molar refractivity (Wildman–Crippen MR) is 596 cm³/mol. The fourth-order valence-corrected chi connectivity index (χ4v) is 18.6. The molecule has 31 nitrogen and oxygen atoms in total. The van der Waals surface area contributed by atoms with Gasteiger partial charge >= 0.3 is 62.3 Å². The van der Waals surface area contributed by atoms with E-state index in [9.17, 15) is 33.9 Å². The van der Waals surface area contributed by atoms with Gasteiger partial charge in [0.05, 0.1) is 68.3 Å². The number of carbonyl (C=O) groups is 6. The van der Waals surface area contributed by atoms with Crippen molar-refractivity contribution in [1.29, 1.82) is 0 Å². The number of nitrogens with one attached hydrogen (secondary N) is 10. The van der Waals surface area contributed by atoms with Gasteiger partial charge in [-0.25, -0.2) is 29.9 Å². The molecule has 9 aromatic heterocycles. The van der Waals surface area contributed by atoms with Crippen molar-refractivity contribution < 1.29 is 99.3 Å². The van der Waals surface area contributed by atoms with Crippen molar-refractivity contribution in [1.82, 2.24) is 81.1 Å². The second-order valence-electron chi connectivity index (χ2n) is 35.7. The van der Waals surface area contributed by atoms with Gasteiger partial charge in [-0.15, -0.1) is 13.1 Å². The number of aromatic nitrogens is 12. The Kier molecular flexibility index (Phi) is 45.0. The van der Waals surface area contributed by atoms with Gasteiger partial charge in [-0.1, -0.05) is 97.2 Å². The number of H-pyrrole nitrogens is 6. The number of aryl methyl sites for hydroxylation is 6. The van der Waals surface area contributed by atoms with Crippen molar-refractivity contribution in [2.45, 2.75) is 201 Å². The Hall–Kier alpha value is -14.0. The van der Waals surface area contributed by atoms with E-state index in [1.165, 1.54) is 0 Å². The van der Waals surface area contributed by atoms with E-state index in [4.69, 9.17) is 60.1 Å². The van der Waals surface area contributed by atoms with E-state index in [-0.39, 0.29) is 43.3 Å². The van der Waals surface area contributed by atoms with Crippen LogP contribution < -0.4 is 21.3 Å². The molecule has 35 heteroatoms. The number of Topliss-reactive ketones (excluding diaryl/α,β-unsaturated/α-hetero) is 1. The van der Waals surface area contributed by atoms with Gasteiger partial charge < -0.3 is 74.9 Å². The number of hydrogen-bond donors (Lipinski definition) is 13. The van der Waals surface area contributed by atoms with E-state index in [2.05, 4.69) is 216 Å². The normalized spacial score (nSPS) is 12.2. The second-order valence-corrected chi connectivity index (χ2v) is 38.9. The van der Waals surface area contributed by atoms with E-state index >= 15 is 0 Å². The van der Waals surface area contributed by atoms with Crippen molar-refractivity contribution in [2.75, 3.05) is 26.2 Å². The minimum absolute atomic E-state index is 0. The molecule has 149 heavy (non-hydrogen) atoms. The summed E-state index contributed by atoms with van der Waals surface area (Å²) in [7, 11) is 3.44. The van der Waals surface area contributed by atoms with E-state index in [0.717, 1.165) is 275 Å². The number of fused-ring (bicyclic) bond motifs is 24. The summed E-state index contributed by atoms with van der Waals surface area (Å²) in [4.78, 5) is 126. The molecule has 4 amide bonds. The Morgan fingerprint density at radius 3 is 0.664 bits per heavy atom. The Morgan fingerprint density at radius 2 is 0.483 bits per heavy atom. The van der Waals surface area contributed by atoms with Crippen molar-refractivity contribution in [3.05, 3.63) is 261 Å². The van der Waals surface area contributed by atoms with Crippen LogP contribution in [-0.4, -0.2) is 134 Å². The number of ketones is 1. The number of aromatic amines is 6. The van der Waals surface area contributed by atoms with Crippen molar-refractivity contribution >= 4 is 223 Å². The van der Waals surface area contributed by atoms with E-state index < -0.39 is 41.2 Å². The molecule has 0 aliphatic carbocycles. The fourth-order valence-electron chi connectivity index (χ4n) is 18.6. The molecule has 0 radical (unpaired) electrons. The number of aliphatic carboxylic acids is 1. The van der Waals surface area contributed by atoms with Crippen LogP contribution in [-0.2, 0) is 86.7 Å². The molecule has 15 heterocycles. The van der Waals surface area contributed by atoms with E-state index in [0.29, 0.717) is 103 Å². The summed E-state index contributed by atoms with van der Waals surface area (Å²) in [6, 6.07) is 24.6. The van der Waals surface area contributed by atoms with Gasteiger partial charge in [-0.05, 0) is 314 Å². The maximum atomic E-state index is 12.7. The van der Waals surface area contributed by atoms with Crippen LogP contribution >= 0.6 is 18.2 Å². The summed E-state index contributed by atoms with van der Waals surface area (Å²) in [5.74, 6) is -0.813. The molecule has 0 unspecified atom stereocenters. The third-order valence-corrected chi connectivity index (χ3v) is 26.6. The number of hydrogen-bond acceptors (Lipinski definition) is 18. The molecule has 0 fully saturated rings. The SMILES string of the molecule is C.C=Cc1c(C)c2cc3[nH]c(cc4nc(cc5nc(cc1[nH]2)C(C)=C5CCC(=O)NCCC)C(CCC(=O)NC[CH2-])=C4C)c(C)c3C=C.C=Cc1c(C)c2cc3[nH]c(cc4nc(cc5nc(cc1[nH]2)C(C)=C5CCC(=O)NCCC)C(CCC(=O)O)=C4C)c(C)c3C=C.C=Cc1c(C)c2cc3[nH]c(cc4nc(cc5nc(cc1[nH]2)C(C)=C5CCC(C)=O)C(CCC(=O)NC[CH2-])=C4C)c(C)c3C=C.O=P.O=P.[O]=[W](=[O])[OH].[O]=[W](=[O])[OH]. The van der Waals surface area contributed by atoms with E-state index in [1.807, 2.05) is 94.5 Å². The standard InChI is InChI=1S/C39H45N6O2.C37H41N5O3.C37H40N5O2.CH4.2HOP.2H2O.4O.2W/c1-9-17-41-39(47)16-14-29-25(8)33-20-35-27(11-3)23(6)32(43-35)19-34-26(10-2)22(5)30(42-34)18-31-24(7)28(13-15-38(46)40-12-4)36(44-31)21-37(29)45-33;1-8-15-38-36(43)13-11-26-22(6)31-18-33-25(10-3)21(5)30(40-33)17-32-24(9-2)20(4)28(39-32)16-29-23(7)27(12-14-37(44)45)35(41-29)19-34(26)42-31;1-9-25-21(5)29-16-30-24(8)28(14-15-37(44)38-11-3)36(41-30)19-35-27(13-12-20(4)43)23(7)32(42-35)18-34-26(10-2)22(6)31(40-34)17-33(25)39-29;;2*1-2;;;;;;;;/h10-11,18-21,42-43H,2-4,9,12-17H2,1,5-8H3,(H,40,46)(H,41,47);9-10,16-19,39-40H,2-3,8,11-15H2,1,4-7H3,(H,38,43)(H,44,45);9-10,16-19,39-40H,1-3,11-15H2,4-8H3,(H,38,44);1H4;2*2H;2*1H2;;;;;;/q-1;;-1;;;;;;;;;;2*+1/p-2. The van der Waals surface area contributed by atoms with Gasteiger partial charge in [0.1, 0.15) is 24.0 Å². The zero-order valence-electron chi connectivity index (χ0n) is 86.5. The average molecular weight is 2400 g/mol. The Morgan fingerprint density at radius 1 is 0.309 bits per heavy atom. The first-order valence-corrected chi connectivity index (χ1v) is 56.5. The van der Waals surface area contributed by atoms with Crippen LogP contribution in [0.3, 0.4) is 0 Å². The molecular weight excluding hydrogens is 2260 g/mol. The number of nitrogens with zero attached hydrogens (tertiary/aromatic N) is 6. The third-order valence-electron chi connectivity index (χ3n) is 26.6. The monoisotopic (exact) mass is 2400 g/mol. The van der Waals surface area contributed by atoms with Gasteiger partial charge in [-0.3, -0.25) is 33.1 Å². The van der Waals surface area contributed by atoms with E-state index in [1.54, 1.807) is 25.2 Å². The molecule has 15 rings (SSSR count). The number of rotatable bonds is 30. The molecule has 0 aromatic carbocycles. The molecule has 13 N–H and O–H groups in total. The number of carbonyl (C=O) groups excluding carboxylic acids is 5. The topological polar surface area (TPSA) is 486 Å². The van der Waals surface area contributed by atoms with Crippen LogP contribution in [0.15, 0.2) is 112 Å². The summed E-state index contributed by atoms with van der Waals surface area (Å²) in [5.41, 5.74) is 44.9. The fraction of sp³-hybridized carbons (Fsp3) is 0.298. The average Bonchev–Trinajstić information content (AvgIpc) is 1.62. The van der Waals surface area contributed by atoms with Crippen molar-refractivity contribution in [2.24, 2.45) is 0 Å². The second kappa shape index (κ2) is 55.8. The summed E-state index contributed by atoms with van der Waals surface area (Å²) >= 11 is -8.06. The predicted octanol–water partition coefficient (Wildman–Crippen LogP) is 24.5. The molecule has 24 bridgehead atoms. The molecule has 0 saturated carbocycles. The molecule has 9 aromatic rings. The molecule has 0 saturated heterocycles. The summed E-state index contributed by atoms with van der Waals surface area (Å²) in [6.45, 7) is 64.4. The first kappa shape index (κ1) is 120. The molecular formula is C114H134N16O15P2W2-2. The van der Waals surface area contributed by atoms with Crippen LogP contribution in [0, 0.1) is 55.4 Å². The minimum atomic E-state index is -4.03. The van der Waals surface area contributed by atoms with Crippen LogP contribution in [0.1, 0.15) is 295 Å². The third kappa shape index (κ3) is 29.3. The van der Waals surface area contributed by atoms with Gasteiger partial charge in [-0.2, -0.15) is 0 Å². The van der Waals surface area contributed by atoms with Gasteiger partial charge in [0.2, 0.25) is 23.6 Å². The molecule has 6 aliphatic heterocycles. The molecule has 784 valence electrons. The van der Waals surface area contributed by atoms with Gasteiger partial charge in [0.15, 0.2) is 0 Å². The quantitative estimate of drug-likeness (QED) is 0.0147. The number of carboxylic acid groups (broad SMARTS) is 1. The van der Waals surface area contributed by atoms with Crippen LogP contribution in [0.5, 0.6) is 0 Å². The zero-order valence-corrected chi connectivity index (χ0v) is 94.4. The summed E-state index contributed by atoms with van der Waals surface area (Å²) in [6.07, 6.45) is 17.7. The number of carboxylic acids is 1. The first-order chi connectivity index (χ1) is 70.7. The molecule has 0 atom stereocenters. The molecule has 0 spiro atoms. The molecule has 6 aliphatic rings. The van der Waals surface area contributed by atoms with Gasteiger partial charge in [0, 0.05) is 151 Å². The summed E-state index contributed by atoms with van der Waals surface area (Å²) in [5, 5.41) is 21.1. The van der Waals surface area contributed by atoms with Crippen molar-refractivity contribution in [3.8, 4) is 0 Å². The number of amides is 4. The Labute approximate surface area is 885 Å². The zero-order chi connectivity index (χ0) is 109. The Bertz CT molecular complexity index is 7730. The van der Waals surface area contributed by atoms with Crippen LogP contribution in [0.2, 0.25) is 0 Å². The maximum absolute atomic E-state index is 12.7.